The Hall–Kier alpha value is -10.4. The molecule has 4 aromatic carbocycles. The number of benzene rings is 4. The van der Waals surface area contributed by atoms with Gasteiger partial charge in [0, 0.05) is 122 Å². The van der Waals surface area contributed by atoms with Gasteiger partial charge >= 0.3 is 5.97 Å². The fourth-order valence-corrected chi connectivity index (χ4v) is 12.6. The van der Waals surface area contributed by atoms with Crippen molar-refractivity contribution in [1.29, 1.82) is 0 Å². The van der Waals surface area contributed by atoms with Crippen LogP contribution in [0, 0.1) is 23.5 Å². The highest BCUT2D eigenvalue weighted by Gasteiger charge is 2.49. The lowest BCUT2D eigenvalue weighted by Crippen LogP contribution is -2.62. The van der Waals surface area contributed by atoms with Crippen molar-refractivity contribution in [1.82, 2.24) is 46.8 Å². The first kappa shape index (κ1) is 69.9. The minimum atomic E-state index is -1.84. The van der Waals surface area contributed by atoms with E-state index in [1.165, 1.54) is 80.8 Å². The molecular weight excluding hydrogens is 1240 g/mol. The predicted molar refractivity (Wildman–Crippen MR) is 350 cm³/mol. The summed E-state index contributed by atoms with van der Waals surface area (Å²) in [4.78, 5) is 168. The number of ether oxygens (including phenoxy) is 1. The molecule has 506 valence electrons. The number of ketones is 2. The highest BCUT2D eigenvalue weighted by molar-refractivity contribution is 6.01. The van der Waals surface area contributed by atoms with Gasteiger partial charge in [-0.05, 0) is 141 Å². The number of nitrogens with two attached hydrogens (primary N) is 1. The smallest absolute Gasteiger partial charge is 0.305 e. The van der Waals surface area contributed by atoms with Gasteiger partial charge in [0.15, 0.2) is 11.6 Å². The summed E-state index contributed by atoms with van der Waals surface area (Å²) in [5.74, 6) is -12.4. The van der Waals surface area contributed by atoms with E-state index in [0.29, 0.717) is 86.6 Å². The standard InChI is InChI=1S/C70H79F2N11O13/c1-39-64(90)79-55(30-47-38-76-53-20-16-48(71)33-52(47)53)59(84)32-45(29-46-37-77-54-34-49(72)15-19-51(46)54)67(93)80-56(35-62(87)88)60(85)31-44(26-42-21-24-74-36-42)66(92)81-58(28-41-11-17-50(96-3)18-12-41)68(94)83-25-7-22-70(83,2)69(95)82-57(63(73)89)27-40-9-13-43(14-10-40)65(91)75-23-6-4-5-8-61(86)78-39/h9-20,24,33-34,36-39,44-45,55-58,76-77H,4-8,21-23,25-32,35H2,1-3H3,(H2,73,89)(H,75,91)(H,78,86)(H,79,90)(H,80,93)(H,81,92)(H,82,95)(H,87,88)/t39-,44-,45-,55+,56+,57+,58+,70+/m1/s1. The van der Waals surface area contributed by atoms with Gasteiger partial charge < -0.3 is 62.3 Å². The number of carboxylic acid groups (broad SMARTS) is 1. The second-order valence-electron chi connectivity index (χ2n) is 25.1. The van der Waals surface area contributed by atoms with Crippen molar-refractivity contribution >= 4 is 92.8 Å². The number of H-pyrrole nitrogens is 2. The average molecular weight is 1320 g/mol. The lowest BCUT2D eigenvalue weighted by atomic mass is 9.87. The summed E-state index contributed by atoms with van der Waals surface area (Å²) in [5.41, 5.74) is 7.96. The molecular formula is C70H79F2N11O13. The van der Waals surface area contributed by atoms with Crippen molar-refractivity contribution in [3.63, 3.8) is 0 Å². The number of carbonyl (C=O) groups excluding carboxylic acids is 10. The van der Waals surface area contributed by atoms with Crippen LogP contribution in [0.25, 0.3) is 21.8 Å². The topological polar surface area (TPSA) is 363 Å². The van der Waals surface area contributed by atoms with Gasteiger partial charge in [0.1, 0.15) is 41.0 Å². The molecule has 0 radical (unpaired) electrons. The van der Waals surface area contributed by atoms with Gasteiger partial charge in [-0.25, -0.2) is 8.78 Å². The van der Waals surface area contributed by atoms with Crippen LogP contribution in [0.4, 0.5) is 8.78 Å². The molecule has 8 amide bonds. The number of nitrogens with one attached hydrogen (secondary N) is 8. The van der Waals surface area contributed by atoms with Crippen molar-refractivity contribution in [2.75, 3.05) is 20.2 Å². The number of halogens is 2. The van der Waals surface area contributed by atoms with E-state index in [1.807, 2.05) is 0 Å². The maximum absolute atomic E-state index is 15.3. The molecule has 1 saturated heterocycles. The number of aliphatic carboxylic acids is 1. The molecule has 0 spiro atoms. The predicted octanol–water partition coefficient (Wildman–Crippen LogP) is 5.19. The zero-order chi connectivity index (χ0) is 68.8. The maximum Gasteiger partial charge on any atom is 0.305 e. The Labute approximate surface area is 551 Å². The van der Waals surface area contributed by atoms with Crippen LogP contribution in [0.15, 0.2) is 114 Å². The number of nitrogens with zero attached hydrogens (tertiary/aromatic N) is 2. The number of carbonyl (C=O) groups is 11. The second-order valence-corrected chi connectivity index (χ2v) is 25.1. The van der Waals surface area contributed by atoms with E-state index in [2.05, 4.69) is 46.9 Å². The van der Waals surface area contributed by atoms with Crippen molar-refractivity contribution < 1.29 is 71.4 Å². The van der Waals surface area contributed by atoms with Crippen molar-refractivity contribution in [2.45, 2.75) is 146 Å². The first-order valence-electron chi connectivity index (χ1n) is 32.0. The fourth-order valence-electron chi connectivity index (χ4n) is 12.6. The molecule has 11 N–H and O–H groups in total. The van der Waals surface area contributed by atoms with Crippen molar-refractivity contribution in [3.8, 4) is 5.75 Å². The molecule has 26 heteroatoms. The zero-order valence-electron chi connectivity index (χ0n) is 53.5. The van der Waals surface area contributed by atoms with Gasteiger partial charge in [-0.1, -0.05) is 30.7 Å². The molecule has 6 heterocycles. The Morgan fingerprint density at radius 2 is 1.34 bits per heavy atom. The van der Waals surface area contributed by atoms with Crippen LogP contribution in [0.2, 0.25) is 0 Å². The minimum absolute atomic E-state index is 0.00591. The molecule has 10 rings (SSSR count). The van der Waals surface area contributed by atoms with E-state index in [1.54, 1.807) is 54.7 Å². The number of fused-ring (bicyclic) bond motifs is 32. The Kier molecular flexibility index (Phi) is 23.1. The first-order valence-corrected chi connectivity index (χ1v) is 32.0. The zero-order valence-corrected chi connectivity index (χ0v) is 53.5. The highest BCUT2D eigenvalue weighted by atomic mass is 19.1. The quantitative estimate of drug-likeness (QED) is 0.0755. The number of aromatic nitrogens is 2. The normalized spacial score (nSPS) is 23.8. The number of hydrogen-bond donors (Lipinski definition) is 10. The molecule has 1 fully saturated rings. The number of hydrogen-bond acceptors (Lipinski definition) is 13. The van der Waals surface area contributed by atoms with E-state index in [0.717, 1.165) is 0 Å². The number of Topliss-reactive ketones (excluding diaryl/α,β-unsaturated/α-hetero) is 2. The number of rotatable bonds is 12. The van der Waals surface area contributed by atoms with Crippen LogP contribution >= 0.6 is 0 Å². The third kappa shape index (κ3) is 17.9. The van der Waals surface area contributed by atoms with E-state index >= 15 is 19.2 Å². The maximum atomic E-state index is 15.3. The number of methoxy groups -OCH3 is 1. The van der Waals surface area contributed by atoms with Gasteiger partial charge in [-0.3, -0.25) is 57.7 Å². The summed E-state index contributed by atoms with van der Waals surface area (Å²) in [5, 5.41) is 27.7. The number of amides is 8. The largest absolute Gasteiger partial charge is 0.497 e. The SMILES string of the molecule is COc1ccc(C[C@@H]2NC(=O)[C@H](CC3=CN=CC3)CC(=O)[C@H](CC(=O)O)NC(=O)[C@H](Cc3c[nH]c4cc(F)ccc34)CC(=O)[C@H](Cc3c[nH]c4ccc(F)cc34)NC(=O)[C@@H](C)NC(=O)CCCCCNC(=O)c3ccc(cc3)C[C@@H](C(N)=O)NC(=O)[C@]3(C)CCCN3C2=O)cc1. The molecule has 0 unspecified atom stereocenters. The first-order chi connectivity index (χ1) is 45.9. The van der Waals surface area contributed by atoms with E-state index in [-0.39, 0.29) is 64.5 Å². The van der Waals surface area contributed by atoms with Crippen LogP contribution in [-0.2, 0) is 73.6 Å². The van der Waals surface area contributed by atoms with Gasteiger partial charge in [-0.15, -0.1) is 0 Å². The van der Waals surface area contributed by atoms with Gasteiger partial charge in [0.25, 0.3) is 5.91 Å². The summed E-state index contributed by atoms with van der Waals surface area (Å²) in [7, 11) is 1.47. The van der Waals surface area contributed by atoms with Crippen LogP contribution < -0.4 is 42.4 Å². The molecule has 2 aromatic heterocycles. The third-order valence-electron chi connectivity index (χ3n) is 18.1. The number of primary amides is 1. The van der Waals surface area contributed by atoms with Gasteiger partial charge in [0.05, 0.1) is 25.6 Å². The van der Waals surface area contributed by atoms with E-state index in [9.17, 15) is 47.4 Å². The molecule has 96 heavy (non-hydrogen) atoms. The third-order valence-corrected chi connectivity index (χ3v) is 18.1. The Bertz CT molecular complexity index is 4000. The van der Waals surface area contributed by atoms with Crippen LogP contribution in [0.1, 0.15) is 117 Å². The summed E-state index contributed by atoms with van der Waals surface area (Å²) < 4.78 is 34.7. The number of carboxylic acids is 1. The highest BCUT2D eigenvalue weighted by Crippen LogP contribution is 2.33. The molecule has 24 nitrogen and oxygen atoms in total. The minimum Gasteiger partial charge on any atom is -0.497 e. The van der Waals surface area contributed by atoms with E-state index in [4.69, 9.17) is 10.5 Å². The molecule has 4 aliphatic heterocycles. The molecule has 2 bridgehead atoms. The van der Waals surface area contributed by atoms with E-state index < -0.39 is 143 Å². The Balaban J connectivity index is 1.06. The molecule has 0 aliphatic carbocycles. The summed E-state index contributed by atoms with van der Waals surface area (Å²) in [6.45, 7) is 3.25. The second kappa shape index (κ2) is 31.7. The summed E-state index contributed by atoms with van der Waals surface area (Å²) in [6.07, 6.45) is 5.01. The Morgan fingerprint density at radius 1 is 0.688 bits per heavy atom. The van der Waals surface area contributed by atoms with Crippen LogP contribution in [0.5, 0.6) is 5.75 Å². The van der Waals surface area contributed by atoms with Crippen LogP contribution in [-0.4, -0.2) is 147 Å². The molecule has 6 aromatic rings. The fraction of sp³-hybridized carbons (Fsp3) is 0.400. The summed E-state index contributed by atoms with van der Waals surface area (Å²) in [6, 6.07) is 13.7. The number of aromatic amines is 2. The van der Waals surface area contributed by atoms with Gasteiger partial charge in [-0.2, -0.15) is 0 Å². The lowest BCUT2D eigenvalue weighted by molar-refractivity contribution is -0.147. The van der Waals surface area contributed by atoms with Crippen LogP contribution in [0.3, 0.4) is 0 Å². The molecule has 4 aliphatic rings. The monoisotopic (exact) mass is 1320 g/mol. The molecule has 8 atom stereocenters. The Morgan fingerprint density at radius 3 is 2.03 bits per heavy atom. The van der Waals surface area contributed by atoms with Crippen molar-refractivity contribution in [2.24, 2.45) is 22.6 Å². The number of aliphatic imine (C=N–C) groups is 1. The average Bonchev–Trinajstić information content (AvgIpc) is 1.59. The van der Waals surface area contributed by atoms with Crippen molar-refractivity contribution in [3.05, 3.63) is 149 Å². The van der Waals surface area contributed by atoms with Gasteiger partial charge in [0.2, 0.25) is 41.4 Å². The molecule has 0 saturated carbocycles. The lowest BCUT2D eigenvalue weighted by Gasteiger charge is -2.37. The summed E-state index contributed by atoms with van der Waals surface area (Å²) >= 11 is 0. The number of allylic oxidation sites excluding steroid dienone is 1.